The maximum Gasteiger partial charge on any atom is 0.432 e. The number of rotatable bonds is 7. The molecule has 32 heavy (non-hydrogen) atoms. The smallest absolute Gasteiger partial charge is 0.432 e. The number of carbonyl (C=O) groups excluding carboxylic acids is 2. The molecule has 0 bridgehead atoms. The largest absolute Gasteiger partial charge is 0.461 e. The maximum absolute atomic E-state index is 13.5. The van der Waals surface area contributed by atoms with Crippen molar-refractivity contribution >= 4 is 35.4 Å². The highest BCUT2D eigenvalue weighted by Crippen LogP contribution is 2.39. The van der Waals surface area contributed by atoms with Crippen LogP contribution >= 0.6 is 0 Å². The normalized spacial score (nSPS) is 20.9. The zero-order chi connectivity index (χ0) is 24.3. The second kappa shape index (κ2) is 9.73. The summed E-state index contributed by atoms with van der Waals surface area (Å²) in [6, 6.07) is 6.52. The first-order valence-electron chi connectivity index (χ1n) is 9.26. The molecule has 0 aromatic heterocycles. The molecule has 0 spiro atoms. The van der Waals surface area contributed by atoms with E-state index in [2.05, 4.69) is 4.74 Å². The molecular weight excluding hydrogens is 466 g/mol. The van der Waals surface area contributed by atoms with Gasteiger partial charge in [-0.2, -0.15) is 30.4 Å². The molecule has 1 aliphatic carbocycles. The van der Waals surface area contributed by atoms with Crippen molar-refractivity contribution in [1.29, 1.82) is 0 Å². The first kappa shape index (κ1) is 26.0. The van der Waals surface area contributed by atoms with Crippen LogP contribution < -0.4 is 5.46 Å². The van der Waals surface area contributed by atoms with Gasteiger partial charge in [0.05, 0.1) is 11.8 Å². The van der Waals surface area contributed by atoms with Gasteiger partial charge in [-0.1, -0.05) is 29.7 Å². The minimum absolute atomic E-state index is 0.0196. The van der Waals surface area contributed by atoms with Crippen molar-refractivity contribution in [3.8, 4) is 0 Å². The molecule has 1 N–H and O–H groups in total. The lowest BCUT2D eigenvalue weighted by Gasteiger charge is -2.30. The number of esters is 2. The van der Waals surface area contributed by atoms with Crippen molar-refractivity contribution in [2.45, 2.75) is 49.8 Å². The van der Waals surface area contributed by atoms with Gasteiger partial charge in [-0.15, -0.1) is 0 Å². The standard InChI is InChI=1S/C18H18BF5O7S/c19-13-7-1-10(2-8-13)9-30-14(25)11-3-5-12(6-4-11)15(26)31-16(17(20,21)22)18(23,24)32(27,28)29/h1-2,7-8,11-12,16H,3-6,9H2,(H,27,28,29). The molecule has 0 saturated heterocycles. The number of hydrogen-bond donors (Lipinski definition) is 1. The van der Waals surface area contributed by atoms with Crippen LogP contribution in [0.3, 0.4) is 0 Å². The van der Waals surface area contributed by atoms with Crippen molar-refractivity contribution in [3.05, 3.63) is 29.8 Å². The monoisotopic (exact) mass is 484 g/mol. The fourth-order valence-corrected chi connectivity index (χ4v) is 3.58. The molecule has 1 saturated carbocycles. The Labute approximate surface area is 181 Å². The molecular formula is C18H18BF5O7S. The van der Waals surface area contributed by atoms with Crippen LogP contribution in [-0.4, -0.2) is 50.3 Å². The molecule has 1 atom stereocenters. The molecule has 2 rings (SSSR count). The van der Waals surface area contributed by atoms with Crippen LogP contribution in [0.1, 0.15) is 31.2 Å². The van der Waals surface area contributed by atoms with E-state index in [0.717, 1.165) is 0 Å². The van der Waals surface area contributed by atoms with E-state index in [0.29, 0.717) is 11.0 Å². The van der Waals surface area contributed by atoms with Crippen LogP contribution in [-0.2, 0) is 35.8 Å². The molecule has 2 radical (unpaired) electrons. The lowest BCUT2D eigenvalue weighted by atomic mass is 9.82. The Kier molecular flexibility index (Phi) is 7.92. The third-order valence-corrected chi connectivity index (χ3v) is 5.84. The molecule has 1 aromatic rings. The Hall–Kier alpha value is -2.22. The van der Waals surface area contributed by atoms with Gasteiger partial charge in [0.25, 0.3) is 6.10 Å². The summed E-state index contributed by atoms with van der Waals surface area (Å²) in [4.78, 5) is 24.1. The van der Waals surface area contributed by atoms with Gasteiger partial charge in [-0.05, 0) is 31.2 Å². The summed E-state index contributed by atoms with van der Waals surface area (Å²) >= 11 is 0. The summed E-state index contributed by atoms with van der Waals surface area (Å²) in [5, 5.41) is -5.79. The number of hydrogen-bond acceptors (Lipinski definition) is 6. The summed E-state index contributed by atoms with van der Waals surface area (Å²) < 4.78 is 104. The summed E-state index contributed by atoms with van der Waals surface area (Å²) in [5.74, 6) is -4.23. The van der Waals surface area contributed by atoms with E-state index in [4.69, 9.17) is 17.1 Å². The quantitative estimate of drug-likeness (QED) is 0.274. The number of alkyl halides is 5. The predicted octanol–water partition coefficient (Wildman–Crippen LogP) is 2.28. The van der Waals surface area contributed by atoms with Crippen LogP contribution in [0.15, 0.2) is 24.3 Å². The van der Waals surface area contributed by atoms with Gasteiger partial charge in [-0.3, -0.25) is 14.1 Å². The molecule has 1 aromatic carbocycles. The molecule has 0 amide bonds. The van der Waals surface area contributed by atoms with Crippen molar-refractivity contribution in [2.75, 3.05) is 0 Å². The van der Waals surface area contributed by atoms with Crippen LogP contribution in [0.2, 0.25) is 0 Å². The summed E-state index contributed by atoms with van der Waals surface area (Å²) in [6.07, 6.45) is -10.6. The van der Waals surface area contributed by atoms with Gasteiger partial charge >= 0.3 is 33.5 Å². The lowest BCUT2D eigenvalue weighted by Crippen LogP contribution is -2.52. The molecule has 1 fully saturated rings. The second-order valence-electron chi connectivity index (χ2n) is 7.29. The molecule has 7 nitrogen and oxygen atoms in total. The molecule has 1 aliphatic rings. The predicted molar refractivity (Wildman–Crippen MR) is 99.5 cm³/mol. The van der Waals surface area contributed by atoms with E-state index < -0.39 is 51.4 Å². The van der Waals surface area contributed by atoms with Crippen LogP contribution in [0.5, 0.6) is 0 Å². The van der Waals surface area contributed by atoms with Gasteiger partial charge in [0.15, 0.2) is 0 Å². The van der Waals surface area contributed by atoms with Gasteiger partial charge in [0.1, 0.15) is 14.5 Å². The minimum atomic E-state index is -6.51. The van der Waals surface area contributed by atoms with Gasteiger partial charge in [-0.25, -0.2) is 0 Å². The number of ether oxygens (including phenoxy) is 2. The van der Waals surface area contributed by atoms with Gasteiger partial charge < -0.3 is 9.47 Å². The Balaban J connectivity index is 1.93. The zero-order valence-electron chi connectivity index (χ0n) is 16.3. The van der Waals surface area contributed by atoms with Crippen molar-refractivity contribution in [1.82, 2.24) is 0 Å². The van der Waals surface area contributed by atoms with Crippen LogP contribution in [0, 0.1) is 11.8 Å². The van der Waals surface area contributed by atoms with Crippen LogP contribution in [0.25, 0.3) is 0 Å². The fraction of sp³-hybridized carbons (Fsp3) is 0.556. The highest BCUT2D eigenvalue weighted by molar-refractivity contribution is 7.86. The van der Waals surface area contributed by atoms with E-state index in [-0.39, 0.29) is 32.3 Å². The van der Waals surface area contributed by atoms with Crippen molar-refractivity contribution < 1.29 is 54.0 Å². The summed E-state index contributed by atoms with van der Waals surface area (Å²) in [6.45, 7) is -0.0426. The van der Waals surface area contributed by atoms with E-state index in [1.807, 2.05) is 0 Å². The Bertz CT molecular complexity index is 926. The second-order valence-corrected chi connectivity index (χ2v) is 8.79. The lowest BCUT2D eigenvalue weighted by molar-refractivity contribution is -0.261. The molecule has 1 unspecified atom stereocenters. The maximum atomic E-state index is 13.5. The fourth-order valence-electron chi connectivity index (χ4n) is 3.12. The average molecular weight is 484 g/mol. The van der Waals surface area contributed by atoms with E-state index in [9.17, 15) is 40.0 Å². The molecule has 0 aliphatic heterocycles. The third-order valence-electron chi connectivity index (χ3n) is 4.94. The van der Waals surface area contributed by atoms with E-state index in [1.54, 1.807) is 24.3 Å². The Morgan fingerprint density at radius 3 is 1.91 bits per heavy atom. The van der Waals surface area contributed by atoms with Crippen molar-refractivity contribution in [3.63, 3.8) is 0 Å². The van der Waals surface area contributed by atoms with Gasteiger partial charge in [0.2, 0.25) is 0 Å². The number of halogens is 5. The first-order chi connectivity index (χ1) is 14.6. The first-order valence-corrected chi connectivity index (χ1v) is 10.7. The molecule has 0 heterocycles. The SMILES string of the molecule is [B]c1ccc(COC(=O)C2CCC(C(=O)OC(C(F)(F)F)C(F)(F)S(=O)(=O)O)CC2)cc1. The van der Waals surface area contributed by atoms with E-state index >= 15 is 0 Å². The summed E-state index contributed by atoms with van der Waals surface area (Å²) in [5.41, 5.74) is 1.19. The minimum Gasteiger partial charge on any atom is -0.461 e. The highest BCUT2D eigenvalue weighted by Gasteiger charge is 2.66. The highest BCUT2D eigenvalue weighted by atomic mass is 32.2. The zero-order valence-corrected chi connectivity index (χ0v) is 17.2. The molecule has 14 heteroatoms. The van der Waals surface area contributed by atoms with Gasteiger partial charge in [0, 0.05) is 0 Å². The molecule has 176 valence electrons. The number of carbonyl (C=O) groups is 2. The van der Waals surface area contributed by atoms with Crippen molar-refractivity contribution in [2.24, 2.45) is 11.8 Å². The topological polar surface area (TPSA) is 107 Å². The summed E-state index contributed by atoms with van der Waals surface area (Å²) in [7, 11) is -0.967. The van der Waals surface area contributed by atoms with Crippen LogP contribution in [0.4, 0.5) is 22.0 Å². The average Bonchev–Trinajstić information content (AvgIpc) is 2.69. The Morgan fingerprint density at radius 2 is 1.47 bits per heavy atom. The number of benzene rings is 1. The third kappa shape index (κ3) is 6.41. The van der Waals surface area contributed by atoms with E-state index in [1.165, 1.54) is 0 Å². The Morgan fingerprint density at radius 1 is 1.00 bits per heavy atom.